The van der Waals surface area contributed by atoms with Crippen LogP contribution >= 0.6 is 0 Å². The molecule has 1 spiro atoms. The van der Waals surface area contributed by atoms with Gasteiger partial charge in [-0.15, -0.1) is 0 Å². The van der Waals surface area contributed by atoms with E-state index in [0.29, 0.717) is 28.4 Å². The van der Waals surface area contributed by atoms with E-state index in [-0.39, 0.29) is 28.5 Å². The zero-order chi connectivity index (χ0) is 65.1. The summed E-state index contributed by atoms with van der Waals surface area (Å²) in [6, 6.07) is 84.9. The number of hydrogen-bond acceptors (Lipinski definition) is 4. The van der Waals surface area contributed by atoms with Crippen molar-refractivity contribution in [1.82, 2.24) is 14.1 Å². The molecule has 89 heavy (non-hydrogen) atoms. The summed E-state index contributed by atoms with van der Waals surface area (Å²) in [6.45, 7) is 15.6. The van der Waals surface area contributed by atoms with Gasteiger partial charge in [-0.3, -0.25) is 0 Å². The zero-order valence-corrected chi connectivity index (χ0v) is 52.9. The maximum absolute atomic E-state index is 9.01. The summed E-state index contributed by atoms with van der Waals surface area (Å²) in [5.41, 5.74) is 20.2. The molecule has 0 radical (unpaired) electrons. The van der Waals surface area contributed by atoms with E-state index in [4.69, 9.17) is 16.6 Å². The number of pyridine rings is 1. The van der Waals surface area contributed by atoms with Crippen LogP contribution in [-0.2, 0) is 35.6 Å². The van der Waals surface area contributed by atoms with E-state index in [1.165, 1.54) is 11.1 Å². The van der Waals surface area contributed by atoms with Crippen LogP contribution in [-0.4, -0.2) is 14.1 Å². The number of benzene rings is 11. The minimum Gasteiger partial charge on any atom is -0.0616 e. The molecule has 13 aromatic rings. The first-order chi connectivity index (χ1) is 45.3. The van der Waals surface area contributed by atoms with Gasteiger partial charge >= 0.3 is 306 Å². The molecule has 0 saturated heterocycles. The van der Waals surface area contributed by atoms with Gasteiger partial charge in [0.1, 0.15) is 0 Å². The van der Waals surface area contributed by atoms with Crippen molar-refractivity contribution in [2.45, 2.75) is 64.7 Å². The van der Waals surface area contributed by atoms with Crippen LogP contribution in [0.15, 0.2) is 279 Å². The molecule has 2 aliphatic heterocycles. The summed E-state index contributed by atoms with van der Waals surface area (Å²) < 4.78 is 56.6. The van der Waals surface area contributed by atoms with Crippen LogP contribution < -0.4 is 14.5 Å². The number of anilines is 6. The Labute approximate surface area is 539 Å². The first kappa shape index (κ1) is 50.2. The number of ether oxygens (including phenoxy) is 1. The number of aryl methyl sites for hydroxylation is 1. The molecule has 4 heterocycles. The molecule has 2 aliphatic rings. The van der Waals surface area contributed by atoms with E-state index in [0.717, 1.165) is 99.2 Å². The van der Waals surface area contributed by atoms with Gasteiger partial charge < -0.3 is 4.90 Å². The van der Waals surface area contributed by atoms with E-state index in [9.17, 15) is 0 Å². The van der Waals surface area contributed by atoms with Crippen molar-refractivity contribution in [3.63, 3.8) is 0 Å². The van der Waals surface area contributed by atoms with Crippen molar-refractivity contribution in [2.75, 3.05) is 9.80 Å². The van der Waals surface area contributed by atoms with E-state index in [1.807, 2.05) is 19.1 Å². The molecule has 0 atom stereocenters. The monoisotopic (exact) mass is 1340 g/mol. The van der Waals surface area contributed by atoms with E-state index in [1.54, 1.807) is 6.20 Å². The minimum absolute atomic E-state index is 0.105. The standard InChI is InChI=1S/C82H67N5O.Pt/c1-55-48-78(83-53-67(55)58-30-16-10-17-31-58)87-72-39-21-20-38-68(72)82(69-45-42-59(80(2,3)4)49-75(69)86(61-32-18-11-19-33-61)76-50-60(81(5,6)7)43-46-70(76)82)71-47-44-64(52-77(71)87)88-63-35-24-34-62(51-63)84-54-85(74-41-23-22-40-73(74)84)79-65(56-26-12-8-13-27-56)36-25-37-66(79)57-28-14-9-15-29-57;/h8-53H,1-7H3;/i10D,16D,17D,30D,31D;. The molecule has 0 saturated carbocycles. The number of imidazole rings is 1. The van der Waals surface area contributed by atoms with Gasteiger partial charge in [0, 0.05) is 17.4 Å². The predicted molar refractivity (Wildman–Crippen MR) is 363 cm³/mol. The van der Waals surface area contributed by atoms with Gasteiger partial charge in [-0.2, -0.15) is 0 Å². The molecular weight excluding hydrogens is 1270 g/mol. The molecule has 0 unspecified atom stereocenters. The Morgan fingerprint density at radius 3 is 1.54 bits per heavy atom. The van der Waals surface area contributed by atoms with Crippen LogP contribution in [0, 0.1) is 10.7 Å². The normalized spacial score (nSPS) is 14.0. The first-order valence-corrected chi connectivity index (χ1v) is 31.4. The maximum atomic E-state index is 9.01. The zero-order valence-electron chi connectivity index (χ0n) is 55.6. The topological polar surface area (TPSA) is 38.5 Å². The van der Waals surface area contributed by atoms with Crippen LogP contribution in [0.4, 0.5) is 34.3 Å². The summed E-state index contributed by atoms with van der Waals surface area (Å²) in [5, 5.41) is 0. The van der Waals surface area contributed by atoms with Gasteiger partial charge in [-0.1, -0.05) is 132 Å². The molecule has 7 heteroatoms. The molecule has 0 amide bonds. The molecule has 2 aromatic heterocycles. The van der Waals surface area contributed by atoms with Crippen molar-refractivity contribution < 1.29 is 30.9 Å². The Balaban J connectivity index is 0.950. The minimum atomic E-state index is -0.924. The number of rotatable bonds is 9. The number of hydrogen-bond donors (Lipinski definition) is 0. The average molecular weight is 1340 g/mol. The van der Waals surface area contributed by atoms with Crippen LogP contribution in [0.3, 0.4) is 0 Å². The Hall–Kier alpha value is -9.87. The quantitative estimate of drug-likeness (QED) is 0.144. The van der Waals surface area contributed by atoms with Crippen LogP contribution in [0.5, 0.6) is 11.5 Å². The third-order valence-corrected chi connectivity index (χ3v) is 18.8. The van der Waals surface area contributed by atoms with Crippen LogP contribution in [0.2, 0.25) is 0 Å². The van der Waals surface area contributed by atoms with Gasteiger partial charge in [-0.25, -0.2) is 0 Å². The van der Waals surface area contributed by atoms with Crippen molar-refractivity contribution in [3.05, 3.63) is 322 Å². The first-order valence-electron chi connectivity index (χ1n) is 32.8. The number of para-hydroxylation sites is 5. The Bertz CT molecular complexity index is 5110. The summed E-state index contributed by atoms with van der Waals surface area (Å²) in [7, 11) is 0. The van der Waals surface area contributed by atoms with Crippen molar-refractivity contribution >= 4 is 45.3 Å². The average Bonchev–Trinajstić information content (AvgIpc) is 0.812. The van der Waals surface area contributed by atoms with E-state index >= 15 is 0 Å². The van der Waals surface area contributed by atoms with E-state index in [2.05, 4.69) is 310 Å². The second-order valence-electron chi connectivity index (χ2n) is 25.2. The predicted octanol–water partition coefficient (Wildman–Crippen LogP) is 21.5. The smallest absolute Gasteiger partial charge is 0.0616 e. The fraction of sp³-hybridized carbons (Fsp3) is 0.122. The summed E-state index contributed by atoms with van der Waals surface area (Å²) >= 11 is 2.49. The van der Waals surface area contributed by atoms with Gasteiger partial charge in [0.05, 0.1) is 18.2 Å². The second kappa shape index (κ2) is 21.8. The SMILES string of the molecule is [2H]c1c([2H])c([2H])c(-c2cnc(N3c4ccccc4C4(c5ccc(C(C)(C)C)cc5N(c5ccccc5)c5cc(C(C)(C)C)ccc54)c4ccc(Oc5cccc(-n6[c](=[Pt])n(-c7c(-c8ccccc8)cccc7-c7ccccc7)c7ccccc76)c5)cc43)cc2C)c([2H])c1[2H]. The van der Waals surface area contributed by atoms with Gasteiger partial charge in [-0.05, 0) is 64.3 Å². The molecule has 436 valence electrons. The number of nitrogens with zero attached hydrogens (tertiary/aromatic N) is 5. The second-order valence-corrected chi connectivity index (χ2v) is 26.2. The Morgan fingerprint density at radius 2 is 0.933 bits per heavy atom. The van der Waals surface area contributed by atoms with Crippen LogP contribution in [0.1, 0.15) is 87.3 Å². The molecular formula is C82H67N5OPt. The van der Waals surface area contributed by atoms with Crippen LogP contribution in [0.25, 0.3) is 55.8 Å². The summed E-state index contributed by atoms with van der Waals surface area (Å²) in [5.74, 6) is 1.82. The third-order valence-electron chi connectivity index (χ3n) is 17.7. The van der Waals surface area contributed by atoms with Crippen molar-refractivity contribution in [1.29, 1.82) is 0 Å². The van der Waals surface area contributed by atoms with Gasteiger partial charge in [0.2, 0.25) is 0 Å². The van der Waals surface area contributed by atoms with E-state index < -0.39 is 23.5 Å². The molecule has 0 N–H and O–H groups in total. The fourth-order valence-corrected chi connectivity index (χ4v) is 14.6. The number of aromatic nitrogens is 3. The number of fused-ring (bicyclic) bond motifs is 9. The molecule has 11 aromatic carbocycles. The molecule has 0 fully saturated rings. The Morgan fingerprint density at radius 1 is 0.427 bits per heavy atom. The summed E-state index contributed by atoms with van der Waals surface area (Å²) in [6.07, 6.45) is 1.65. The van der Waals surface area contributed by atoms with Crippen molar-refractivity contribution in [2.24, 2.45) is 0 Å². The third kappa shape index (κ3) is 9.34. The molecule has 0 bridgehead atoms. The fourth-order valence-electron chi connectivity index (χ4n) is 13.5. The Kier molecular flexibility index (Phi) is 12.3. The molecule has 15 rings (SSSR count). The summed E-state index contributed by atoms with van der Waals surface area (Å²) in [4.78, 5) is 9.92. The molecule has 6 nitrogen and oxygen atoms in total. The molecule has 0 aliphatic carbocycles. The van der Waals surface area contributed by atoms with Gasteiger partial charge in [0.15, 0.2) is 0 Å². The van der Waals surface area contributed by atoms with Gasteiger partial charge in [0.25, 0.3) is 0 Å². The van der Waals surface area contributed by atoms with Crippen molar-refractivity contribution in [3.8, 4) is 56.3 Å².